The summed E-state index contributed by atoms with van der Waals surface area (Å²) in [5.41, 5.74) is 4.20. The summed E-state index contributed by atoms with van der Waals surface area (Å²) in [4.78, 5) is 24.5. The number of methoxy groups -OCH3 is 2. The van der Waals surface area contributed by atoms with Gasteiger partial charge >= 0.3 is 0 Å². The number of amides is 2. The molecule has 0 saturated heterocycles. The topological polar surface area (TPSA) is 89.0 Å². The molecule has 0 unspecified atom stereocenters. The Labute approximate surface area is 172 Å². The van der Waals surface area contributed by atoms with Crippen LogP contribution in [0.25, 0.3) is 0 Å². The Morgan fingerprint density at radius 3 is 2.36 bits per heavy atom. The minimum atomic E-state index is -0.759. The second-order valence-electron chi connectivity index (χ2n) is 5.94. The van der Waals surface area contributed by atoms with Crippen LogP contribution < -0.4 is 20.2 Å². The Morgan fingerprint density at radius 1 is 1.07 bits per heavy atom. The maximum absolute atomic E-state index is 12.3. The molecule has 0 aliphatic rings. The summed E-state index contributed by atoms with van der Waals surface area (Å²) in [6.45, 7) is 3.33. The van der Waals surface area contributed by atoms with Crippen LogP contribution in [-0.2, 0) is 4.79 Å². The molecule has 1 atom stereocenters. The van der Waals surface area contributed by atoms with Gasteiger partial charge in [0, 0.05) is 21.7 Å². The first kappa shape index (κ1) is 21.4. The van der Waals surface area contributed by atoms with Gasteiger partial charge in [-0.3, -0.25) is 9.59 Å². The molecule has 7 nitrogen and oxygen atoms in total. The van der Waals surface area contributed by atoms with E-state index >= 15 is 0 Å². The van der Waals surface area contributed by atoms with E-state index in [1.807, 2.05) is 0 Å². The third-order valence-corrected chi connectivity index (χ3v) is 4.51. The molecule has 2 aromatic carbocycles. The number of carbonyl (C=O) groups excluding carboxylic acids is 2. The van der Waals surface area contributed by atoms with Crippen molar-refractivity contribution < 1.29 is 19.1 Å². The fraction of sp³-hybridized carbons (Fsp3) is 0.250. The van der Waals surface area contributed by atoms with E-state index in [-0.39, 0.29) is 5.91 Å². The number of nitrogens with zero attached hydrogens (tertiary/aromatic N) is 1. The van der Waals surface area contributed by atoms with Crippen LogP contribution in [-0.4, -0.2) is 37.8 Å². The predicted molar refractivity (Wildman–Crippen MR) is 111 cm³/mol. The molecular formula is C20H22BrN3O4. The van der Waals surface area contributed by atoms with E-state index in [0.29, 0.717) is 22.8 Å². The molecule has 0 spiro atoms. The fourth-order valence-electron chi connectivity index (χ4n) is 2.34. The van der Waals surface area contributed by atoms with E-state index < -0.39 is 11.9 Å². The molecule has 0 aliphatic carbocycles. The van der Waals surface area contributed by atoms with Crippen LogP contribution in [0.4, 0.5) is 0 Å². The van der Waals surface area contributed by atoms with Crippen LogP contribution in [0.15, 0.2) is 52.0 Å². The van der Waals surface area contributed by atoms with Crippen molar-refractivity contribution in [2.75, 3.05) is 14.2 Å². The molecule has 0 heterocycles. The van der Waals surface area contributed by atoms with Crippen LogP contribution in [0.2, 0.25) is 0 Å². The average molecular weight is 448 g/mol. The highest BCUT2D eigenvalue weighted by Crippen LogP contribution is 2.25. The molecular weight excluding hydrogens is 426 g/mol. The Kier molecular flexibility index (Phi) is 7.57. The predicted octanol–water partition coefficient (Wildman–Crippen LogP) is 3.13. The molecule has 2 rings (SSSR count). The van der Waals surface area contributed by atoms with Crippen LogP contribution in [0.5, 0.6) is 11.5 Å². The Morgan fingerprint density at radius 2 is 1.75 bits per heavy atom. The summed E-state index contributed by atoms with van der Waals surface area (Å²) in [6, 6.07) is 11.4. The molecule has 2 N–H and O–H groups in total. The highest BCUT2D eigenvalue weighted by Gasteiger charge is 2.17. The van der Waals surface area contributed by atoms with Gasteiger partial charge in [0.2, 0.25) is 0 Å². The van der Waals surface area contributed by atoms with Gasteiger partial charge < -0.3 is 14.8 Å². The third-order valence-electron chi connectivity index (χ3n) is 3.98. The summed E-state index contributed by atoms with van der Waals surface area (Å²) >= 11 is 3.31. The smallest absolute Gasteiger partial charge is 0.262 e. The van der Waals surface area contributed by atoms with Crippen LogP contribution in [0.1, 0.15) is 29.8 Å². The Balaban J connectivity index is 2.01. The molecule has 0 radical (unpaired) electrons. The maximum Gasteiger partial charge on any atom is 0.262 e. The highest BCUT2D eigenvalue weighted by molar-refractivity contribution is 9.10. The molecule has 0 bridgehead atoms. The van der Waals surface area contributed by atoms with Gasteiger partial charge in [-0.2, -0.15) is 5.10 Å². The third kappa shape index (κ3) is 5.56. The number of ether oxygens (including phenoxy) is 2. The quantitative estimate of drug-likeness (QED) is 0.503. The zero-order chi connectivity index (χ0) is 20.7. The highest BCUT2D eigenvalue weighted by atomic mass is 79.9. The lowest BCUT2D eigenvalue weighted by molar-refractivity contribution is -0.122. The first-order valence-corrected chi connectivity index (χ1v) is 9.28. The Hall–Kier alpha value is -2.87. The van der Waals surface area contributed by atoms with Crippen molar-refractivity contribution in [1.29, 1.82) is 0 Å². The van der Waals surface area contributed by atoms with Crippen molar-refractivity contribution in [3.8, 4) is 11.5 Å². The van der Waals surface area contributed by atoms with Crippen molar-refractivity contribution in [1.82, 2.24) is 10.7 Å². The summed E-state index contributed by atoms with van der Waals surface area (Å²) in [5, 5.41) is 6.75. The molecule has 148 valence electrons. The number of carbonyl (C=O) groups is 2. The average Bonchev–Trinajstić information content (AvgIpc) is 2.71. The van der Waals surface area contributed by atoms with Crippen molar-refractivity contribution in [2.24, 2.45) is 5.10 Å². The van der Waals surface area contributed by atoms with E-state index in [2.05, 4.69) is 31.8 Å². The minimum absolute atomic E-state index is 0.340. The van der Waals surface area contributed by atoms with E-state index in [0.717, 1.165) is 10.0 Å². The number of rotatable bonds is 7. The normalized spacial score (nSPS) is 12.1. The van der Waals surface area contributed by atoms with Crippen molar-refractivity contribution >= 4 is 33.5 Å². The summed E-state index contributed by atoms with van der Waals surface area (Å²) in [5.74, 6) is 0.457. The van der Waals surface area contributed by atoms with Gasteiger partial charge in [-0.05, 0) is 50.2 Å². The first-order valence-electron chi connectivity index (χ1n) is 8.48. The molecule has 28 heavy (non-hydrogen) atoms. The van der Waals surface area contributed by atoms with Crippen molar-refractivity contribution in [3.63, 3.8) is 0 Å². The summed E-state index contributed by atoms with van der Waals surface area (Å²) < 4.78 is 11.4. The lowest BCUT2D eigenvalue weighted by atomic mass is 10.1. The molecule has 2 amide bonds. The molecule has 0 saturated carbocycles. The van der Waals surface area contributed by atoms with Gasteiger partial charge in [-0.15, -0.1) is 0 Å². The second-order valence-corrected chi connectivity index (χ2v) is 6.86. The van der Waals surface area contributed by atoms with Gasteiger partial charge in [0.05, 0.1) is 19.9 Å². The number of hydrogen-bond donors (Lipinski definition) is 2. The molecule has 0 aromatic heterocycles. The van der Waals surface area contributed by atoms with Gasteiger partial charge in [-0.25, -0.2) is 5.43 Å². The lowest BCUT2D eigenvalue weighted by Gasteiger charge is -2.13. The van der Waals surface area contributed by atoms with E-state index in [9.17, 15) is 9.59 Å². The fourth-order valence-corrected chi connectivity index (χ4v) is 2.60. The standard InChI is InChI=1S/C20H22BrN3O4/c1-12(17-10-9-16(27-3)11-18(17)28-4)23-24-19(25)13(2)22-20(26)14-5-7-15(21)8-6-14/h5-11,13H,1-4H3,(H,22,26)(H,24,25)/t13-/m0/s1. The first-order chi connectivity index (χ1) is 13.3. The van der Waals surface area contributed by atoms with Crippen LogP contribution in [0, 0.1) is 0 Å². The van der Waals surface area contributed by atoms with Gasteiger partial charge in [0.15, 0.2) is 0 Å². The van der Waals surface area contributed by atoms with Gasteiger partial charge in [0.1, 0.15) is 17.5 Å². The van der Waals surface area contributed by atoms with Gasteiger partial charge in [-0.1, -0.05) is 15.9 Å². The SMILES string of the molecule is COc1ccc(C(C)=NNC(=O)[C@H](C)NC(=O)c2ccc(Br)cc2)c(OC)c1. The van der Waals surface area contributed by atoms with E-state index in [1.54, 1.807) is 70.5 Å². The number of hydrogen-bond acceptors (Lipinski definition) is 5. The molecule has 0 fully saturated rings. The zero-order valence-corrected chi connectivity index (χ0v) is 17.7. The number of benzene rings is 2. The molecule has 2 aromatic rings. The Bertz CT molecular complexity index is 882. The second kappa shape index (κ2) is 9.89. The minimum Gasteiger partial charge on any atom is -0.497 e. The largest absolute Gasteiger partial charge is 0.497 e. The number of halogens is 1. The van der Waals surface area contributed by atoms with Crippen LogP contribution in [0.3, 0.4) is 0 Å². The van der Waals surface area contributed by atoms with Crippen LogP contribution >= 0.6 is 15.9 Å². The lowest BCUT2D eigenvalue weighted by Crippen LogP contribution is -2.43. The maximum atomic E-state index is 12.3. The number of hydrazone groups is 1. The van der Waals surface area contributed by atoms with Gasteiger partial charge in [0.25, 0.3) is 11.8 Å². The van der Waals surface area contributed by atoms with E-state index in [4.69, 9.17) is 9.47 Å². The van der Waals surface area contributed by atoms with E-state index in [1.165, 1.54) is 0 Å². The van der Waals surface area contributed by atoms with Crippen molar-refractivity contribution in [3.05, 3.63) is 58.1 Å². The molecule has 0 aliphatic heterocycles. The monoisotopic (exact) mass is 447 g/mol. The molecule has 8 heteroatoms. The van der Waals surface area contributed by atoms with Crippen molar-refractivity contribution in [2.45, 2.75) is 19.9 Å². The number of nitrogens with one attached hydrogen (secondary N) is 2. The summed E-state index contributed by atoms with van der Waals surface area (Å²) in [7, 11) is 3.11. The summed E-state index contributed by atoms with van der Waals surface area (Å²) in [6.07, 6.45) is 0. The zero-order valence-electron chi connectivity index (χ0n) is 16.1.